The zero-order valence-electron chi connectivity index (χ0n) is 10.9. The molecule has 6 heteroatoms. The molecule has 1 N–H and O–H groups in total. The summed E-state index contributed by atoms with van der Waals surface area (Å²) in [6, 6.07) is 3.56. The van der Waals surface area contributed by atoms with Gasteiger partial charge >= 0.3 is 0 Å². The lowest BCUT2D eigenvalue weighted by atomic mass is 10.1. The van der Waals surface area contributed by atoms with Gasteiger partial charge in [0.25, 0.3) is 5.91 Å². The van der Waals surface area contributed by atoms with Crippen molar-refractivity contribution < 1.29 is 9.21 Å². The normalized spacial score (nSPS) is 10.8. The van der Waals surface area contributed by atoms with Crippen LogP contribution in [-0.2, 0) is 0 Å². The largest absolute Gasteiger partial charge is 0.447 e. The predicted molar refractivity (Wildman–Crippen MR) is 75.2 cm³/mol. The number of carbonyl (C=O) groups excluding carboxylic acids is 1. The fourth-order valence-corrected chi connectivity index (χ4v) is 1.85. The number of amides is 1. The molecule has 2 rings (SSSR count). The Bertz CT molecular complexity index is 608. The first-order chi connectivity index (χ1) is 8.99. The third-order valence-electron chi connectivity index (χ3n) is 2.60. The fourth-order valence-electron chi connectivity index (χ4n) is 1.62. The molecule has 2 aromatic rings. The number of oxazole rings is 1. The molecule has 0 spiro atoms. The van der Waals surface area contributed by atoms with Gasteiger partial charge in [0.15, 0.2) is 12.1 Å². The molecule has 0 bridgehead atoms. The van der Waals surface area contributed by atoms with Gasteiger partial charge < -0.3 is 9.73 Å². The van der Waals surface area contributed by atoms with Crippen LogP contribution in [-0.4, -0.2) is 15.9 Å². The molecule has 2 heterocycles. The molecule has 2 aromatic heterocycles. The van der Waals surface area contributed by atoms with Gasteiger partial charge in [0, 0.05) is 10.4 Å². The van der Waals surface area contributed by atoms with E-state index >= 15 is 0 Å². The second-order valence-electron chi connectivity index (χ2n) is 4.44. The van der Waals surface area contributed by atoms with Crippen LogP contribution >= 0.6 is 15.9 Å². The molecule has 0 unspecified atom stereocenters. The molecular formula is C13H14BrN3O2. The van der Waals surface area contributed by atoms with Crippen molar-refractivity contribution in [1.29, 1.82) is 0 Å². The third kappa shape index (κ3) is 3.01. The highest BCUT2D eigenvalue weighted by molar-refractivity contribution is 9.10. The van der Waals surface area contributed by atoms with Crippen molar-refractivity contribution in [3.63, 3.8) is 0 Å². The van der Waals surface area contributed by atoms with Crippen molar-refractivity contribution >= 4 is 27.7 Å². The lowest BCUT2D eigenvalue weighted by Gasteiger charge is -2.06. The molecule has 0 aromatic carbocycles. The van der Waals surface area contributed by atoms with Crippen LogP contribution in [0.5, 0.6) is 0 Å². The Labute approximate surface area is 119 Å². The molecule has 19 heavy (non-hydrogen) atoms. The number of hydrogen-bond acceptors (Lipinski definition) is 4. The van der Waals surface area contributed by atoms with Crippen LogP contribution in [0.4, 0.5) is 5.82 Å². The minimum absolute atomic E-state index is 0.0999. The van der Waals surface area contributed by atoms with Crippen LogP contribution in [0.2, 0.25) is 0 Å². The Hall–Kier alpha value is -1.69. The number of anilines is 1. The number of aryl methyl sites for hydroxylation is 1. The molecule has 0 aliphatic carbocycles. The zero-order valence-corrected chi connectivity index (χ0v) is 12.5. The summed E-state index contributed by atoms with van der Waals surface area (Å²) < 4.78 is 6.13. The van der Waals surface area contributed by atoms with Crippen molar-refractivity contribution in [3.05, 3.63) is 40.1 Å². The minimum Gasteiger partial charge on any atom is -0.447 e. The van der Waals surface area contributed by atoms with Crippen LogP contribution in [0, 0.1) is 6.92 Å². The fraction of sp³-hybridized carbons (Fsp3) is 0.308. The topological polar surface area (TPSA) is 68.0 Å². The van der Waals surface area contributed by atoms with Crippen molar-refractivity contribution in [1.82, 2.24) is 9.97 Å². The van der Waals surface area contributed by atoms with Gasteiger partial charge in [0.1, 0.15) is 11.6 Å². The van der Waals surface area contributed by atoms with Gasteiger partial charge in [0.05, 0.1) is 5.69 Å². The number of rotatable bonds is 3. The number of pyridine rings is 1. The van der Waals surface area contributed by atoms with Crippen LogP contribution in [0.15, 0.2) is 27.4 Å². The third-order valence-corrected chi connectivity index (χ3v) is 3.44. The molecule has 0 saturated carbocycles. The Kier molecular flexibility index (Phi) is 3.99. The van der Waals surface area contributed by atoms with E-state index in [4.69, 9.17) is 4.42 Å². The van der Waals surface area contributed by atoms with E-state index in [0.29, 0.717) is 17.3 Å². The highest BCUT2D eigenvalue weighted by atomic mass is 79.9. The summed E-state index contributed by atoms with van der Waals surface area (Å²) in [5, 5.41) is 2.71. The molecular weight excluding hydrogens is 310 g/mol. The maximum atomic E-state index is 12.1. The van der Waals surface area contributed by atoms with E-state index in [1.54, 1.807) is 6.07 Å². The standard InChI is InChI=1S/C13H14BrN3O2/c1-7(2)12-11(15-6-19-12)13(18)17-10-5-4-9(14)8(3)16-10/h4-7H,1-3H3,(H,16,17,18). The molecule has 100 valence electrons. The van der Waals surface area contributed by atoms with E-state index in [0.717, 1.165) is 10.2 Å². The first-order valence-electron chi connectivity index (χ1n) is 5.87. The van der Waals surface area contributed by atoms with Gasteiger partial charge in [-0.1, -0.05) is 13.8 Å². The summed E-state index contributed by atoms with van der Waals surface area (Å²) in [6.07, 6.45) is 1.28. The second-order valence-corrected chi connectivity index (χ2v) is 5.29. The maximum Gasteiger partial charge on any atom is 0.279 e. The molecule has 5 nitrogen and oxygen atoms in total. The highest BCUT2D eigenvalue weighted by Gasteiger charge is 2.19. The Morgan fingerprint density at radius 1 is 1.42 bits per heavy atom. The van der Waals surface area contributed by atoms with E-state index in [-0.39, 0.29) is 11.8 Å². The predicted octanol–water partition coefficient (Wildman–Crippen LogP) is 3.52. The van der Waals surface area contributed by atoms with Crippen molar-refractivity contribution in [3.8, 4) is 0 Å². The van der Waals surface area contributed by atoms with Gasteiger partial charge in [-0.05, 0) is 35.0 Å². The van der Waals surface area contributed by atoms with E-state index < -0.39 is 0 Å². The van der Waals surface area contributed by atoms with Crippen LogP contribution in [0.1, 0.15) is 41.7 Å². The number of aromatic nitrogens is 2. The zero-order chi connectivity index (χ0) is 14.0. The smallest absolute Gasteiger partial charge is 0.279 e. The van der Waals surface area contributed by atoms with Gasteiger partial charge in [-0.2, -0.15) is 0 Å². The minimum atomic E-state index is -0.313. The summed E-state index contributed by atoms with van der Waals surface area (Å²) in [5.74, 6) is 0.851. The van der Waals surface area contributed by atoms with E-state index in [9.17, 15) is 4.79 Å². The number of nitrogens with zero attached hydrogens (tertiary/aromatic N) is 2. The van der Waals surface area contributed by atoms with E-state index in [1.807, 2.05) is 26.8 Å². The van der Waals surface area contributed by atoms with Crippen molar-refractivity contribution in [2.75, 3.05) is 5.32 Å². The van der Waals surface area contributed by atoms with Crippen molar-refractivity contribution in [2.45, 2.75) is 26.7 Å². The van der Waals surface area contributed by atoms with Crippen LogP contribution in [0.3, 0.4) is 0 Å². The maximum absolute atomic E-state index is 12.1. The first kappa shape index (κ1) is 13.7. The summed E-state index contributed by atoms with van der Waals surface area (Å²) in [7, 11) is 0. The van der Waals surface area contributed by atoms with Crippen LogP contribution in [0.25, 0.3) is 0 Å². The molecule has 0 aliphatic heterocycles. The average Bonchev–Trinajstić information content (AvgIpc) is 2.83. The number of halogens is 1. The number of carbonyl (C=O) groups is 1. The quantitative estimate of drug-likeness (QED) is 0.938. The number of hydrogen-bond donors (Lipinski definition) is 1. The first-order valence-corrected chi connectivity index (χ1v) is 6.66. The number of nitrogens with one attached hydrogen (secondary N) is 1. The highest BCUT2D eigenvalue weighted by Crippen LogP contribution is 2.20. The van der Waals surface area contributed by atoms with E-state index in [1.165, 1.54) is 6.39 Å². The summed E-state index contributed by atoms with van der Waals surface area (Å²) in [4.78, 5) is 20.3. The lowest BCUT2D eigenvalue weighted by molar-refractivity contribution is 0.102. The molecule has 1 amide bonds. The summed E-state index contributed by atoms with van der Waals surface area (Å²) in [6.45, 7) is 5.74. The molecule has 0 radical (unpaired) electrons. The summed E-state index contributed by atoms with van der Waals surface area (Å²) in [5.41, 5.74) is 1.11. The van der Waals surface area contributed by atoms with Gasteiger partial charge in [-0.3, -0.25) is 4.79 Å². The second kappa shape index (κ2) is 5.52. The van der Waals surface area contributed by atoms with Gasteiger partial charge in [-0.15, -0.1) is 0 Å². The lowest BCUT2D eigenvalue weighted by Crippen LogP contribution is -2.15. The average molecular weight is 324 g/mol. The molecule has 0 atom stereocenters. The summed E-state index contributed by atoms with van der Waals surface area (Å²) >= 11 is 3.36. The molecule has 0 saturated heterocycles. The monoisotopic (exact) mass is 323 g/mol. The van der Waals surface area contributed by atoms with Gasteiger partial charge in [0.2, 0.25) is 0 Å². The Morgan fingerprint density at radius 3 is 2.79 bits per heavy atom. The molecule has 0 fully saturated rings. The van der Waals surface area contributed by atoms with Gasteiger partial charge in [-0.25, -0.2) is 9.97 Å². The SMILES string of the molecule is Cc1nc(NC(=O)c2ncoc2C(C)C)ccc1Br. The Balaban J connectivity index is 2.21. The van der Waals surface area contributed by atoms with Crippen molar-refractivity contribution in [2.24, 2.45) is 0 Å². The molecule has 0 aliphatic rings. The Morgan fingerprint density at radius 2 is 2.16 bits per heavy atom. The van der Waals surface area contributed by atoms with Crippen LogP contribution < -0.4 is 5.32 Å². The van der Waals surface area contributed by atoms with E-state index in [2.05, 4.69) is 31.2 Å².